The number of phenolic OH excluding ortho intramolecular Hbond substituents is 1. The van der Waals surface area contributed by atoms with Crippen LogP contribution in [0, 0.1) is 17.8 Å². The molecule has 0 bridgehead atoms. The third kappa shape index (κ3) is 4.56. The molecule has 170 valence electrons. The van der Waals surface area contributed by atoms with Crippen molar-refractivity contribution in [1.29, 1.82) is 0 Å². The highest BCUT2D eigenvalue weighted by Crippen LogP contribution is 2.39. The molecule has 1 fully saturated rings. The molecule has 0 aliphatic carbocycles. The molecule has 0 spiro atoms. The lowest BCUT2D eigenvalue weighted by molar-refractivity contribution is -0.142. The molecule has 3 atom stereocenters. The number of rotatable bonds is 7. The van der Waals surface area contributed by atoms with Crippen LogP contribution in [-0.4, -0.2) is 46.2 Å². The number of carboxylic acids is 1. The lowest BCUT2D eigenvalue weighted by Crippen LogP contribution is -2.58. The van der Waals surface area contributed by atoms with Crippen molar-refractivity contribution in [1.82, 2.24) is 15.5 Å². The van der Waals surface area contributed by atoms with Crippen LogP contribution in [0.15, 0.2) is 30.0 Å². The first-order valence-corrected chi connectivity index (χ1v) is 11.1. The first-order chi connectivity index (χ1) is 14.5. The van der Waals surface area contributed by atoms with E-state index in [1.807, 2.05) is 25.3 Å². The van der Waals surface area contributed by atoms with Gasteiger partial charge in [-0.15, -0.1) is 0 Å². The van der Waals surface area contributed by atoms with E-state index >= 15 is 0 Å². The Balaban J connectivity index is 1.96. The number of aromatic hydroxyl groups is 1. The Hall–Kier alpha value is -2.54. The fourth-order valence-electron chi connectivity index (χ4n) is 4.64. The van der Waals surface area contributed by atoms with Crippen LogP contribution in [-0.2, 0) is 16.8 Å². The Labute approximate surface area is 184 Å². The first kappa shape index (κ1) is 23.1. The van der Waals surface area contributed by atoms with Crippen LogP contribution in [0.1, 0.15) is 52.2 Å². The predicted octanol–water partition coefficient (Wildman–Crippen LogP) is 3.43. The average molecular weight is 430 g/mol. The number of phenols is 1. The van der Waals surface area contributed by atoms with Crippen molar-refractivity contribution >= 4 is 12.0 Å². The van der Waals surface area contributed by atoms with Crippen LogP contribution in [0.2, 0.25) is 0 Å². The number of carbonyl (C=O) groups is 2. The van der Waals surface area contributed by atoms with Crippen LogP contribution in [0.25, 0.3) is 0 Å². The molecule has 1 aromatic rings. The van der Waals surface area contributed by atoms with Gasteiger partial charge in [0.25, 0.3) is 0 Å². The van der Waals surface area contributed by atoms with Crippen LogP contribution < -0.4 is 10.6 Å². The van der Waals surface area contributed by atoms with Gasteiger partial charge >= 0.3 is 12.0 Å². The average Bonchev–Trinajstić information content (AvgIpc) is 3.16. The molecule has 1 aromatic carbocycles. The second-order valence-electron chi connectivity index (χ2n) is 9.65. The number of hydrogen-bond acceptors (Lipinski definition) is 4. The van der Waals surface area contributed by atoms with E-state index in [0.717, 1.165) is 29.5 Å². The number of aryl methyl sites for hydroxylation is 1. The molecule has 2 aliphatic heterocycles. The van der Waals surface area contributed by atoms with E-state index in [1.165, 1.54) is 4.90 Å². The van der Waals surface area contributed by atoms with Crippen LogP contribution in [0.3, 0.4) is 0 Å². The van der Waals surface area contributed by atoms with Crippen molar-refractivity contribution in [3.8, 4) is 5.75 Å². The molecule has 0 aromatic heterocycles. The topological polar surface area (TPSA) is 102 Å². The maximum absolute atomic E-state index is 13.1. The Morgan fingerprint density at radius 1 is 1.26 bits per heavy atom. The highest BCUT2D eigenvalue weighted by molar-refractivity contribution is 5.81. The SMILES string of the molecule is CC(C)CCc1ccc([C@]2(C)NC(=O)N(C3CNCC3C(=O)O)C=C2C(C)C)cc1O. The largest absolute Gasteiger partial charge is 0.508 e. The molecule has 31 heavy (non-hydrogen) atoms. The van der Waals surface area contributed by atoms with E-state index < -0.39 is 23.5 Å². The summed E-state index contributed by atoms with van der Waals surface area (Å²) >= 11 is 0. The van der Waals surface area contributed by atoms with E-state index in [-0.39, 0.29) is 17.7 Å². The smallest absolute Gasteiger partial charge is 0.322 e. The fourth-order valence-corrected chi connectivity index (χ4v) is 4.64. The molecule has 7 heteroatoms. The minimum Gasteiger partial charge on any atom is -0.508 e. The van der Waals surface area contributed by atoms with Gasteiger partial charge in [0.2, 0.25) is 0 Å². The first-order valence-electron chi connectivity index (χ1n) is 11.1. The number of hydrogen-bond donors (Lipinski definition) is 4. The zero-order valence-electron chi connectivity index (χ0n) is 19.1. The molecule has 7 nitrogen and oxygen atoms in total. The molecule has 3 rings (SSSR count). The lowest BCUT2D eigenvalue weighted by atomic mass is 9.77. The maximum atomic E-state index is 13.1. The quantitative estimate of drug-likeness (QED) is 0.532. The molecular formula is C24H35N3O4. The van der Waals surface area contributed by atoms with Gasteiger partial charge in [-0.2, -0.15) is 0 Å². The van der Waals surface area contributed by atoms with Crippen molar-refractivity contribution in [2.45, 2.75) is 59.0 Å². The van der Waals surface area contributed by atoms with Gasteiger partial charge in [0.1, 0.15) is 5.75 Å². The van der Waals surface area contributed by atoms with E-state index in [9.17, 15) is 19.8 Å². The van der Waals surface area contributed by atoms with Crippen LogP contribution in [0.5, 0.6) is 5.75 Å². The Bertz CT molecular complexity index is 880. The number of nitrogens with one attached hydrogen (secondary N) is 2. The van der Waals surface area contributed by atoms with Gasteiger partial charge in [-0.3, -0.25) is 9.69 Å². The Morgan fingerprint density at radius 2 is 1.97 bits per heavy atom. The van der Waals surface area contributed by atoms with Gasteiger partial charge in [0.05, 0.1) is 17.5 Å². The summed E-state index contributed by atoms with van der Waals surface area (Å²) in [5.41, 5.74) is 1.89. The monoisotopic (exact) mass is 429 g/mol. The number of aliphatic carboxylic acids is 1. The van der Waals surface area contributed by atoms with Gasteiger partial charge < -0.3 is 20.8 Å². The van der Waals surface area contributed by atoms with E-state index in [0.29, 0.717) is 19.0 Å². The van der Waals surface area contributed by atoms with Gasteiger partial charge in [0.15, 0.2) is 0 Å². The molecule has 2 aliphatic rings. The number of nitrogens with zero attached hydrogens (tertiary/aromatic N) is 1. The number of urea groups is 1. The second kappa shape index (κ2) is 8.91. The summed E-state index contributed by atoms with van der Waals surface area (Å²) in [6.07, 6.45) is 3.62. The third-order valence-corrected chi connectivity index (χ3v) is 6.58. The van der Waals surface area contributed by atoms with Crippen molar-refractivity contribution in [2.24, 2.45) is 17.8 Å². The van der Waals surface area contributed by atoms with Crippen LogP contribution in [0.4, 0.5) is 4.79 Å². The second-order valence-corrected chi connectivity index (χ2v) is 9.65. The zero-order valence-corrected chi connectivity index (χ0v) is 19.1. The summed E-state index contributed by atoms with van der Waals surface area (Å²) in [4.78, 5) is 26.3. The zero-order chi connectivity index (χ0) is 22.9. The number of benzene rings is 1. The van der Waals surface area contributed by atoms with Gasteiger partial charge in [-0.05, 0) is 54.4 Å². The van der Waals surface area contributed by atoms with Gasteiger partial charge in [0, 0.05) is 19.3 Å². The molecule has 0 saturated carbocycles. The minimum atomic E-state index is -0.905. The van der Waals surface area contributed by atoms with Crippen molar-refractivity contribution in [3.63, 3.8) is 0 Å². The molecule has 1 saturated heterocycles. The van der Waals surface area contributed by atoms with E-state index in [4.69, 9.17) is 0 Å². The summed E-state index contributed by atoms with van der Waals surface area (Å²) in [6, 6.07) is 4.89. The number of carboxylic acid groups (broad SMARTS) is 1. The molecular weight excluding hydrogens is 394 g/mol. The molecule has 4 N–H and O–H groups in total. The lowest BCUT2D eigenvalue weighted by Gasteiger charge is -2.44. The maximum Gasteiger partial charge on any atom is 0.322 e. The van der Waals surface area contributed by atoms with Crippen molar-refractivity contribution < 1.29 is 19.8 Å². The number of amides is 2. The molecule has 2 amide bonds. The van der Waals surface area contributed by atoms with Crippen molar-refractivity contribution in [3.05, 3.63) is 41.1 Å². The Kier molecular flexibility index (Phi) is 6.65. The summed E-state index contributed by atoms with van der Waals surface area (Å²) in [5, 5.41) is 26.4. The van der Waals surface area contributed by atoms with Gasteiger partial charge in [-0.25, -0.2) is 4.79 Å². The van der Waals surface area contributed by atoms with Crippen molar-refractivity contribution in [2.75, 3.05) is 13.1 Å². The normalized spacial score (nSPS) is 26.4. The highest BCUT2D eigenvalue weighted by Gasteiger charge is 2.45. The minimum absolute atomic E-state index is 0.105. The summed E-state index contributed by atoms with van der Waals surface area (Å²) in [5.74, 6) is -0.657. The summed E-state index contributed by atoms with van der Waals surface area (Å²) < 4.78 is 0. The molecule has 2 unspecified atom stereocenters. The highest BCUT2D eigenvalue weighted by atomic mass is 16.4. The Morgan fingerprint density at radius 3 is 2.55 bits per heavy atom. The fraction of sp³-hybridized carbons (Fsp3) is 0.583. The van der Waals surface area contributed by atoms with Gasteiger partial charge in [-0.1, -0.05) is 39.8 Å². The van der Waals surface area contributed by atoms with Crippen LogP contribution >= 0.6 is 0 Å². The third-order valence-electron chi connectivity index (χ3n) is 6.58. The van der Waals surface area contributed by atoms with E-state index in [2.05, 4.69) is 38.3 Å². The summed E-state index contributed by atoms with van der Waals surface area (Å²) in [7, 11) is 0. The van der Waals surface area contributed by atoms with E-state index in [1.54, 1.807) is 6.07 Å². The molecule has 0 radical (unpaired) electrons. The summed E-state index contributed by atoms with van der Waals surface area (Å²) in [6.45, 7) is 11.1. The standard InChI is InChI=1S/C24H35N3O4/c1-14(2)6-7-16-8-9-17(10-21(16)28)24(5)19(15(3)4)13-27(23(31)26-24)20-12-25-11-18(20)22(29)30/h8-10,13-15,18,20,25,28H,6-7,11-12H2,1-5H3,(H,26,31)(H,29,30)/t18?,20?,24-/m0/s1. The molecule has 2 heterocycles. The number of carbonyl (C=O) groups excluding carboxylic acids is 1. The predicted molar refractivity (Wildman–Crippen MR) is 120 cm³/mol.